The van der Waals surface area contributed by atoms with Crippen LogP contribution in [0.4, 0.5) is 0 Å². The summed E-state index contributed by atoms with van der Waals surface area (Å²) in [6, 6.07) is 15.3. The number of carbonyl (C=O) groups is 2. The molecule has 0 saturated carbocycles. The van der Waals surface area contributed by atoms with Crippen LogP contribution in [-0.4, -0.2) is 95.3 Å². The standard InChI is InChI=1S/C28H36N6O2/c1-31-17-19-32(20-18-31)14-8-13-29-27(35)25-24-12-5-6-16-34(24)26(30-25)23-11-7-15-33(21-23)28(36)22-9-3-2-4-10-22/h2-6,9-10,12,16,23H,7-8,11,13-15,17-21H2,1H3,(H,29,35)/t23-/m0/s1. The average Bonchev–Trinajstić information content (AvgIpc) is 3.32. The number of piperidine rings is 1. The fraction of sp³-hybridized carbons (Fsp3) is 0.464. The van der Waals surface area contributed by atoms with E-state index in [-0.39, 0.29) is 17.7 Å². The number of amides is 2. The van der Waals surface area contributed by atoms with Gasteiger partial charge in [-0.25, -0.2) is 4.98 Å². The molecule has 1 aromatic carbocycles. The van der Waals surface area contributed by atoms with Crippen molar-refractivity contribution in [2.24, 2.45) is 0 Å². The molecule has 2 aromatic heterocycles. The molecule has 0 spiro atoms. The van der Waals surface area contributed by atoms with Crippen LogP contribution in [0.1, 0.15) is 51.9 Å². The van der Waals surface area contributed by atoms with Crippen molar-refractivity contribution < 1.29 is 9.59 Å². The molecule has 0 radical (unpaired) electrons. The maximum absolute atomic E-state index is 13.1. The van der Waals surface area contributed by atoms with Gasteiger partial charge in [0.15, 0.2) is 5.69 Å². The number of likely N-dealkylation sites (N-methyl/N-ethyl adjacent to an activating group) is 1. The van der Waals surface area contributed by atoms with Gasteiger partial charge in [0.2, 0.25) is 0 Å². The van der Waals surface area contributed by atoms with Crippen molar-refractivity contribution in [2.75, 3.05) is 59.4 Å². The number of benzene rings is 1. The minimum atomic E-state index is -0.128. The summed E-state index contributed by atoms with van der Waals surface area (Å²) in [5, 5.41) is 3.09. The quantitative estimate of drug-likeness (QED) is 0.518. The number of fused-ring (bicyclic) bond motifs is 1. The smallest absolute Gasteiger partial charge is 0.272 e. The maximum atomic E-state index is 13.1. The van der Waals surface area contributed by atoms with Crippen LogP contribution in [0, 0.1) is 0 Å². The highest BCUT2D eigenvalue weighted by atomic mass is 16.2. The number of imidazole rings is 1. The Labute approximate surface area is 212 Å². The predicted octanol–water partition coefficient (Wildman–Crippen LogP) is 2.72. The van der Waals surface area contributed by atoms with Crippen LogP contribution in [0.15, 0.2) is 54.7 Å². The van der Waals surface area contributed by atoms with E-state index in [0.29, 0.717) is 24.3 Å². The van der Waals surface area contributed by atoms with Crippen LogP contribution in [0.2, 0.25) is 0 Å². The SMILES string of the molecule is CN1CCN(CCCNC(=O)c2nc([C@H]3CCCN(C(=O)c4ccccc4)C3)n3ccccc23)CC1. The monoisotopic (exact) mass is 488 g/mol. The molecule has 0 unspecified atom stereocenters. The van der Waals surface area contributed by atoms with Gasteiger partial charge in [-0.1, -0.05) is 24.3 Å². The van der Waals surface area contributed by atoms with Crippen molar-refractivity contribution in [3.8, 4) is 0 Å². The molecule has 8 nitrogen and oxygen atoms in total. The predicted molar refractivity (Wildman–Crippen MR) is 140 cm³/mol. The number of hydrogen-bond donors (Lipinski definition) is 1. The van der Waals surface area contributed by atoms with Gasteiger partial charge in [0.1, 0.15) is 5.82 Å². The van der Waals surface area contributed by atoms with Crippen molar-refractivity contribution in [2.45, 2.75) is 25.2 Å². The summed E-state index contributed by atoms with van der Waals surface area (Å²) in [6.07, 6.45) is 4.75. The van der Waals surface area contributed by atoms with E-state index in [9.17, 15) is 9.59 Å². The number of likely N-dealkylation sites (tertiary alicyclic amines) is 1. The van der Waals surface area contributed by atoms with E-state index in [4.69, 9.17) is 4.98 Å². The zero-order valence-corrected chi connectivity index (χ0v) is 21.1. The molecule has 8 heteroatoms. The first-order valence-electron chi connectivity index (χ1n) is 13.1. The van der Waals surface area contributed by atoms with Gasteiger partial charge in [0.05, 0.1) is 5.52 Å². The zero-order chi connectivity index (χ0) is 24.9. The van der Waals surface area contributed by atoms with Gasteiger partial charge in [0, 0.05) is 63.5 Å². The average molecular weight is 489 g/mol. The van der Waals surface area contributed by atoms with E-state index in [2.05, 4.69) is 22.2 Å². The highest BCUT2D eigenvalue weighted by Crippen LogP contribution is 2.29. The van der Waals surface area contributed by atoms with Gasteiger partial charge in [-0.2, -0.15) is 0 Å². The molecule has 0 aliphatic carbocycles. The van der Waals surface area contributed by atoms with E-state index in [0.717, 1.165) is 69.9 Å². The molecule has 36 heavy (non-hydrogen) atoms. The van der Waals surface area contributed by atoms with Crippen LogP contribution >= 0.6 is 0 Å². The van der Waals surface area contributed by atoms with Gasteiger partial charge >= 0.3 is 0 Å². The lowest BCUT2D eigenvalue weighted by Crippen LogP contribution is -2.45. The number of nitrogens with zero attached hydrogens (tertiary/aromatic N) is 5. The fourth-order valence-electron chi connectivity index (χ4n) is 5.31. The van der Waals surface area contributed by atoms with E-state index in [1.165, 1.54) is 0 Å². The van der Waals surface area contributed by atoms with E-state index in [1.54, 1.807) is 0 Å². The molecular weight excluding hydrogens is 452 g/mol. The summed E-state index contributed by atoms with van der Waals surface area (Å²) < 4.78 is 2.03. The summed E-state index contributed by atoms with van der Waals surface area (Å²) >= 11 is 0. The summed E-state index contributed by atoms with van der Waals surface area (Å²) in [4.78, 5) is 37.8. The number of aromatic nitrogens is 2. The van der Waals surface area contributed by atoms with Gasteiger partial charge in [-0.05, 0) is 57.1 Å². The number of rotatable bonds is 7. The van der Waals surface area contributed by atoms with Crippen molar-refractivity contribution in [1.29, 1.82) is 0 Å². The molecule has 190 valence electrons. The van der Waals surface area contributed by atoms with Gasteiger partial charge < -0.3 is 24.4 Å². The number of piperazine rings is 1. The second-order valence-electron chi connectivity index (χ2n) is 9.99. The van der Waals surface area contributed by atoms with Crippen molar-refractivity contribution in [1.82, 2.24) is 29.4 Å². The number of pyridine rings is 1. The van der Waals surface area contributed by atoms with E-state index in [1.807, 2.05) is 64.0 Å². The van der Waals surface area contributed by atoms with Crippen molar-refractivity contribution >= 4 is 17.3 Å². The molecule has 2 saturated heterocycles. The third kappa shape index (κ3) is 5.44. The summed E-state index contributed by atoms with van der Waals surface area (Å²) in [5.74, 6) is 0.870. The molecule has 2 amide bonds. The zero-order valence-electron chi connectivity index (χ0n) is 21.1. The van der Waals surface area contributed by atoms with Crippen molar-refractivity contribution in [3.63, 3.8) is 0 Å². The van der Waals surface area contributed by atoms with Crippen LogP contribution in [0.25, 0.3) is 5.52 Å². The van der Waals surface area contributed by atoms with Crippen LogP contribution in [0.5, 0.6) is 0 Å². The summed E-state index contributed by atoms with van der Waals surface area (Å²) in [5.41, 5.74) is 2.00. The van der Waals surface area contributed by atoms with Gasteiger partial charge in [0.25, 0.3) is 11.8 Å². The third-order valence-corrected chi connectivity index (χ3v) is 7.42. The molecule has 2 fully saturated rings. The molecule has 0 bridgehead atoms. The Morgan fingerprint density at radius 2 is 1.78 bits per heavy atom. The second-order valence-corrected chi connectivity index (χ2v) is 9.99. The first-order chi connectivity index (χ1) is 17.6. The Kier molecular flexibility index (Phi) is 7.63. The van der Waals surface area contributed by atoms with E-state index >= 15 is 0 Å². The van der Waals surface area contributed by atoms with E-state index < -0.39 is 0 Å². The molecule has 3 aromatic rings. The first kappa shape index (κ1) is 24.5. The largest absolute Gasteiger partial charge is 0.351 e. The van der Waals surface area contributed by atoms with Gasteiger partial charge in [-0.15, -0.1) is 0 Å². The molecule has 1 N–H and O–H groups in total. The first-order valence-corrected chi connectivity index (χ1v) is 13.1. The molecular formula is C28H36N6O2. The minimum Gasteiger partial charge on any atom is -0.351 e. The lowest BCUT2D eigenvalue weighted by Gasteiger charge is -2.32. The van der Waals surface area contributed by atoms with Crippen LogP contribution in [0.3, 0.4) is 0 Å². The summed E-state index contributed by atoms with van der Waals surface area (Å²) in [7, 11) is 2.16. The minimum absolute atomic E-state index is 0.0551. The topological polar surface area (TPSA) is 73.2 Å². The third-order valence-electron chi connectivity index (χ3n) is 7.42. The Hall–Kier alpha value is -3.23. The number of nitrogens with one attached hydrogen (secondary N) is 1. The van der Waals surface area contributed by atoms with Crippen molar-refractivity contribution in [3.05, 3.63) is 71.8 Å². The number of hydrogen-bond acceptors (Lipinski definition) is 5. The molecule has 2 aliphatic rings. The number of carbonyl (C=O) groups excluding carboxylic acids is 2. The lowest BCUT2D eigenvalue weighted by atomic mass is 9.96. The normalized spacial score (nSPS) is 19.5. The highest BCUT2D eigenvalue weighted by molar-refractivity contribution is 5.99. The lowest BCUT2D eigenvalue weighted by molar-refractivity contribution is 0.0703. The molecule has 2 aliphatic heterocycles. The van der Waals surface area contributed by atoms with Crippen LogP contribution < -0.4 is 5.32 Å². The second kappa shape index (κ2) is 11.2. The van der Waals surface area contributed by atoms with Crippen LogP contribution in [-0.2, 0) is 0 Å². The maximum Gasteiger partial charge on any atom is 0.272 e. The van der Waals surface area contributed by atoms with Gasteiger partial charge in [-0.3, -0.25) is 9.59 Å². The Balaban J connectivity index is 1.25. The fourth-order valence-corrected chi connectivity index (χ4v) is 5.31. The molecule has 5 rings (SSSR count). The Morgan fingerprint density at radius 1 is 1.00 bits per heavy atom. The summed E-state index contributed by atoms with van der Waals surface area (Å²) in [6.45, 7) is 7.36. The molecule has 1 atom stereocenters. The highest BCUT2D eigenvalue weighted by Gasteiger charge is 2.30. The molecule has 4 heterocycles. The Morgan fingerprint density at radius 3 is 2.58 bits per heavy atom. The Bertz CT molecular complexity index is 1190.